The van der Waals surface area contributed by atoms with Crippen molar-refractivity contribution in [2.75, 3.05) is 26.8 Å². The highest BCUT2D eigenvalue weighted by Crippen LogP contribution is 2.28. The lowest BCUT2D eigenvalue weighted by Crippen LogP contribution is -2.25. The van der Waals surface area contributed by atoms with Gasteiger partial charge in [-0.1, -0.05) is 0 Å². The third-order valence-corrected chi connectivity index (χ3v) is 6.03. The summed E-state index contributed by atoms with van der Waals surface area (Å²) in [5, 5.41) is 4.87. The van der Waals surface area contributed by atoms with Gasteiger partial charge in [-0.3, -0.25) is 0 Å². The van der Waals surface area contributed by atoms with Crippen LogP contribution in [0.3, 0.4) is 0 Å². The van der Waals surface area contributed by atoms with Gasteiger partial charge in [0.1, 0.15) is 4.21 Å². The van der Waals surface area contributed by atoms with Crippen molar-refractivity contribution in [3.8, 4) is 0 Å². The molecule has 1 saturated carbocycles. The second kappa shape index (κ2) is 7.51. The van der Waals surface area contributed by atoms with Gasteiger partial charge in [0, 0.05) is 26.3 Å². The Morgan fingerprint density at radius 3 is 2.95 bits per heavy atom. The van der Waals surface area contributed by atoms with Crippen LogP contribution < -0.4 is 10.0 Å². The summed E-state index contributed by atoms with van der Waals surface area (Å²) in [6.45, 7) is 2.55. The highest BCUT2D eigenvalue weighted by atomic mass is 32.2. The summed E-state index contributed by atoms with van der Waals surface area (Å²) in [6, 6.07) is 1.72. The summed E-state index contributed by atoms with van der Waals surface area (Å²) < 4.78 is 32.5. The maximum atomic E-state index is 12.0. The van der Waals surface area contributed by atoms with Crippen LogP contribution in [0.2, 0.25) is 0 Å². The van der Waals surface area contributed by atoms with Gasteiger partial charge in [-0.15, -0.1) is 11.3 Å². The molecule has 114 valence electrons. The van der Waals surface area contributed by atoms with E-state index in [0.29, 0.717) is 30.3 Å². The Morgan fingerprint density at radius 2 is 2.25 bits per heavy atom. The molecule has 5 nitrogen and oxygen atoms in total. The lowest BCUT2D eigenvalue weighted by molar-refractivity contribution is 0.123. The zero-order valence-corrected chi connectivity index (χ0v) is 13.4. The Labute approximate surface area is 124 Å². The van der Waals surface area contributed by atoms with E-state index in [2.05, 4.69) is 10.0 Å². The van der Waals surface area contributed by atoms with Crippen LogP contribution in [0.25, 0.3) is 0 Å². The van der Waals surface area contributed by atoms with Gasteiger partial charge in [0.25, 0.3) is 0 Å². The molecule has 1 aliphatic carbocycles. The molecule has 1 heterocycles. The molecule has 0 unspecified atom stereocenters. The van der Waals surface area contributed by atoms with Crippen molar-refractivity contribution in [1.82, 2.24) is 10.0 Å². The van der Waals surface area contributed by atoms with Crippen LogP contribution in [-0.4, -0.2) is 35.2 Å². The summed E-state index contributed by atoms with van der Waals surface area (Å²) in [7, 11) is -1.52. The van der Waals surface area contributed by atoms with Gasteiger partial charge < -0.3 is 10.1 Å². The summed E-state index contributed by atoms with van der Waals surface area (Å²) >= 11 is 1.26. The molecule has 0 amide bonds. The van der Waals surface area contributed by atoms with E-state index in [4.69, 9.17) is 4.74 Å². The Bertz CT molecular complexity index is 509. The predicted molar refractivity (Wildman–Crippen MR) is 80.4 cm³/mol. The van der Waals surface area contributed by atoms with E-state index in [1.165, 1.54) is 24.2 Å². The zero-order chi connectivity index (χ0) is 14.4. The summed E-state index contributed by atoms with van der Waals surface area (Å²) in [4.78, 5) is 0. The van der Waals surface area contributed by atoms with Gasteiger partial charge in [-0.25, -0.2) is 13.1 Å². The fraction of sp³-hybridized carbons (Fsp3) is 0.692. The molecule has 0 aromatic carbocycles. The fourth-order valence-electron chi connectivity index (χ4n) is 1.78. The SMILES string of the molecule is CNCc1csc(S(=O)(=O)NCCCOCC2CC2)c1. The van der Waals surface area contributed by atoms with Crippen molar-refractivity contribution in [3.05, 3.63) is 17.0 Å². The third kappa shape index (κ3) is 5.14. The predicted octanol–water partition coefficient (Wildman–Crippen LogP) is 1.56. The zero-order valence-electron chi connectivity index (χ0n) is 11.7. The summed E-state index contributed by atoms with van der Waals surface area (Å²) in [6.07, 6.45) is 3.26. The maximum absolute atomic E-state index is 12.0. The molecular weight excluding hydrogens is 296 g/mol. The van der Waals surface area contributed by atoms with Crippen molar-refractivity contribution in [2.24, 2.45) is 5.92 Å². The minimum absolute atomic E-state index is 0.377. The van der Waals surface area contributed by atoms with Crippen molar-refractivity contribution >= 4 is 21.4 Å². The standard InChI is InChI=1S/C13H22N2O3S2/c1-14-8-12-7-13(19-10-12)20(16,17)15-5-2-6-18-9-11-3-4-11/h7,10-11,14-15H,2-6,8-9H2,1H3. The topological polar surface area (TPSA) is 67.4 Å². The number of thiophene rings is 1. The van der Waals surface area contributed by atoms with Crippen LogP contribution in [-0.2, 0) is 21.3 Å². The molecule has 0 radical (unpaired) electrons. The molecule has 7 heteroatoms. The van der Waals surface area contributed by atoms with Crippen molar-refractivity contribution in [1.29, 1.82) is 0 Å². The lowest BCUT2D eigenvalue weighted by atomic mass is 10.3. The van der Waals surface area contributed by atoms with E-state index in [9.17, 15) is 8.42 Å². The average Bonchev–Trinajstić information content (AvgIpc) is 3.11. The molecule has 0 aliphatic heterocycles. The molecule has 1 aromatic heterocycles. The first-order valence-electron chi connectivity index (χ1n) is 6.91. The largest absolute Gasteiger partial charge is 0.381 e. The number of hydrogen-bond donors (Lipinski definition) is 2. The molecule has 1 aromatic rings. The number of hydrogen-bond acceptors (Lipinski definition) is 5. The molecule has 20 heavy (non-hydrogen) atoms. The third-order valence-electron chi connectivity index (χ3n) is 3.08. The fourth-order valence-corrected chi connectivity index (χ4v) is 4.11. The monoisotopic (exact) mass is 318 g/mol. The van der Waals surface area contributed by atoms with Gasteiger partial charge in [0.15, 0.2) is 0 Å². The van der Waals surface area contributed by atoms with Crippen LogP contribution in [0.15, 0.2) is 15.7 Å². The molecule has 0 saturated heterocycles. The Hall–Kier alpha value is -0.470. The minimum atomic E-state index is -3.36. The second-order valence-corrected chi connectivity index (χ2v) is 7.98. The van der Waals surface area contributed by atoms with Crippen molar-refractivity contribution in [3.63, 3.8) is 0 Å². The first-order valence-corrected chi connectivity index (χ1v) is 9.27. The van der Waals surface area contributed by atoms with Crippen LogP contribution in [0, 0.1) is 5.92 Å². The number of rotatable bonds is 10. The Morgan fingerprint density at radius 1 is 1.45 bits per heavy atom. The van der Waals surface area contributed by atoms with Gasteiger partial charge in [-0.05, 0) is 49.2 Å². The molecular formula is C13H22N2O3S2. The van der Waals surface area contributed by atoms with Crippen LogP contribution in [0.5, 0.6) is 0 Å². The lowest BCUT2D eigenvalue weighted by Gasteiger charge is -2.05. The van der Waals surface area contributed by atoms with Crippen molar-refractivity contribution in [2.45, 2.75) is 30.0 Å². The highest BCUT2D eigenvalue weighted by molar-refractivity contribution is 7.91. The number of sulfonamides is 1. The second-order valence-electron chi connectivity index (χ2n) is 5.07. The Balaban J connectivity index is 1.68. The molecule has 2 rings (SSSR count). The van der Waals surface area contributed by atoms with E-state index in [-0.39, 0.29) is 0 Å². The van der Waals surface area contributed by atoms with Crippen LogP contribution in [0.4, 0.5) is 0 Å². The first kappa shape index (κ1) is 15.9. The Kier molecular flexibility index (Phi) is 5.98. The van der Waals surface area contributed by atoms with Crippen LogP contribution >= 0.6 is 11.3 Å². The first-order chi connectivity index (χ1) is 9.62. The van der Waals surface area contributed by atoms with E-state index in [0.717, 1.165) is 18.1 Å². The number of nitrogens with one attached hydrogen (secondary N) is 2. The molecule has 2 N–H and O–H groups in total. The van der Waals surface area contributed by atoms with E-state index in [1.807, 2.05) is 12.4 Å². The van der Waals surface area contributed by atoms with Gasteiger partial charge >= 0.3 is 0 Å². The normalized spacial score (nSPS) is 15.7. The smallest absolute Gasteiger partial charge is 0.250 e. The van der Waals surface area contributed by atoms with Gasteiger partial charge in [0.2, 0.25) is 10.0 Å². The molecule has 0 spiro atoms. The molecule has 0 bridgehead atoms. The van der Waals surface area contributed by atoms with E-state index in [1.54, 1.807) is 6.07 Å². The molecule has 0 atom stereocenters. The molecule has 1 fully saturated rings. The minimum Gasteiger partial charge on any atom is -0.381 e. The number of ether oxygens (including phenoxy) is 1. The van der Waals surface area contributed by atoms with Crippen molar-refractivity contribution < 1.29 is 13.2 Å². The molecule has 1 aliphatic rings. The summed E-state index contributed by atoms with van der Waals surface area (Å²) in [5.41, 5.74) is 0.991. The quantitative estimate of drug-likeness (QED) is 0.643. The van der Waals surface area contributed by atoms with Gasteiger partial charge in [-0.2, -0.15) is 0 Å². The average molecular weight is 318 g/mol. The van der Waals surface area contributed by atoms with Crippen LogP contribution in [0.1, 0.15) is 24.8 Å². The summed E-state index contributed by atoms with van der Waals surface area (Å²) in [5.74, 6) is 0.753. The van der Waals surface area contributed by atoms with Gasteiger partial charge in [0.05, 0.1) is 0 Å². The highest BCUT2D eigenvalue weighted by Gasteiger charge is 2.21. The van der Waals surface area contributed by atoms with E-state index >= 15 is 0 Å². The maximum Gasteiger partial charge on any atom is 0.250 e. The van der Waals surface area contributed by atoms with E-state index < -0.39 is 10.0 Å².